The average molecular weight is 413 g/mol. The Balaban J connectivity index is 3.33. The molecular weight excluding hydrogens is 384 g/mol. The second kappa shape index (κ2) is 9.95. The Kier molecular flexibility index (Phi) is 8.63. The Morgan fingerprint density at radius 1 is 0.880 bits per heavy atom. The number of rotatable bonds is 10. The first-order chi connectivity index (χ1) is 11.6. The first-order valence-corrected chi connectivity index (χ1v) is 9.68. The van der Waals surface area contributed by atoms with Gasteiger partial charge in [0.2, 0.25) is 0 Å². The largest absolute Gasteiger partial charge is 0.481 e. The van der Waals surface area contributed by atoms with Gasteiger partial charge >= 0.3 is 11.9 Å². The van der Waals surface area contributed by atoms with Crippen LogP contribution in [0.15, 0.2) is 22.7 Å². The number of carboxylic acid groups (broad SMARTS) is 2. The van der Waals surface area contributed by atoms with Gasteiger partial charge in [0.25, 0.3) is 0 Å². The Labute approximate surface area is 158 Å². The number of benzene rings is 1. The maximum Gasteiger partial charge on any atom is 0.311 e. The molecule has 0 saturated carbocycles. The van der Waals surface area contributed by atoms with E-state index >= 15 is 0 Å². The first-order valence-electron chi connectivity index (χ1n) is 8.89. The molecule has 0 radical (unpaired) electrons. The van der Waals surface area contributed by atoms with Crippen LogP contribution in [0.2, 0.25) is 0 Å². The summed E-state index contributed by atoms with van der Waals surface area (Å²) in [5.41, 5.74) is 1.24. The third-order valence-electron chi connectivity index (χ3n) is 4.47. The second-order valence-corrected chi connectivity index (χ2v) is 8.32. The number of halogens is 1. The van der Waals surface area contributed by atoms with E-state index in [0.717, 1.165) is 12.8 Å². The van der Waals surface area contributed by atoms with Crippen molar-refractivity contribution in [3.8, 4) is 0 Å². The minimum absolute atomic E-state index is 0.393. The van der Waals surface area contributed by atoms with Crippen LogP contribution in [0.1, 0.15) is 76.3 Å². The summed E-state index contributed by atoms with van der Waals surface area (Å²) >= 11 is 3.46. The fourth-order valence-corrected chi connectivity index (χ4v) is 3.69. The van der Waals surface area contributed by atoms with E-state index in [0.29, 0.717) is 40.3 Å². The predicted molar refractivity (Wildman–Crippen MR) is 103 cm³/mol. The Hall–Kier alpha value is -1.36. The van der Waals surface area contributed by atoms with Gasteiger partial charge in [-0.1, -0.05) is 55.8 Å². The van der Waals surface area contributed by atoms with Crippen molar-refractivity contribution in [2.24, 2.45) is 11.8 Å². The van der Waals surface area contributed by atoms with Gasteiger partial charge in [0.15, 0.2) is 0 Å². The monoisotopic (exact) mass is 412 g/mol. The zero-order chi connectivity index (χ0) is 19.1. The summed E-state index contributed by atoms with van der Waals surface area (Å²) in [6.07, 6.45) is 2.57. The van der Waals surface area contributed by atoms with E-state index in [2.05, 4.69) is 43.6 Å². The molecule has 2 unspecified atom stereocenters. The predicted octanol–water partition coefficient (Wildman–Crippen LogP) is 5.66. The molecule has 4 nitrogen and oxygen atoms in total. The van der Waals surface area contributed by atoms with E-state index in [1.54, 1.807) is 18.2 Å². The van der Waals surface area contributed by atoms with Crippen LogP contribution in [0.4, 0.5) is 0 Å². The minimum atomic E-state index is -0.901. The van der Waals surface area contributed by atoms with Crippen molar-refractivity contribution in [2.45, 2.75) is 65.2 Å². The summed E-state index contributed by atoms with van der Waals surface area (Å²) in [4.78, 5) is 23.8. The van der Waals surface area contributed by atoms with Crippen LogP contribution in [0, 0.1) is 11.8 Å². The lowest BCUT2D eigenvalue weighted by atomic mass is 9.82. The quantitative estimate of drug-likeness (QED) is 0.519. The van der Waals surface area contributed by atoms with Gasteiger partial charge in [0, 0.05) is 4.47 Å². The van der Waals surface area contributed by atoms with E-state index in [9.17, 15) is 19.8 Å². The zero-order valence-corrected chi connectivity index (χ0v) is 17.0. The zero-order valence-electron chi connectivity index (χ0n) is 15.5. The molecule has 0 bridgehead atoms. The molecule has 25 heavy (non-hydrogen) atoms. The molecule has 0 fully saturated rings. The van der Waals surface area contributed by atoms with Crippen molar-refractivity contribution in [3.63, 3.8) is 0 Å². The highest BCUT2D eigenvalue weighted by Crippen LogP contribution is 2.38. The molecule has 140 valence electrons. The van der Waals surface area contributed by atoms with Crippen molar-refractivity contribution >= 4 is 27.9 Å². The molecule has 0 aliphatic heterocycles. The van der Waals surface area contributed by atoms with Crippen LogP contribution in [0.3, 0.4) is 0 Å². The third kappa shape index (κ3) is 6.46. The Morgan fingerprint density at radius 3 is 1.80 bits per heavy atom. The molecule has 2 atom stereocenters. The second-order valence-electron chi connectivity index (χ2n) is 7.47. The van der Waals surface area contributed by atoms with Gasteiger partial charge in [-0.2, -0.15) is 0 Å². The van der Waals surface area contributed by atoms with Gasteiger partial charge in [-0.15, -0.1) is 0 Å². The minimum Gasteiger partial charge on any atom is -0.481 e. The highest BCUT2D eigenvalue weighted by Gasteiger charge is 2.30. The van der Waals surface area contributed by atoms with Gasteiger partial charge in [-0.05, 0) is 54.7 Å². The third-order valence-corrected chi connectivity index (χ3v) is 5.16. The summed E-state index contributed by atoms with van der Waals surface area (Å²) in [6, 6.07) is 5.35. The van der Waals surface area contributed by atoms with Crippen molar-refractivity contribution < 1.29 is 19.8 Å². The number of carboxylic acids is 2. The van der Waals surface area contributed by atoms with E-state index in [-0.39, 0.29) is 0 Å². The molecule has 1 aromatic rings. The summed E-state index contributed by atoms with van der Waals surface area (Å²) in [7, 11) is 0. The van der Waals surface area contributed by atoms with Crippen LogP contribution >= 0.6 is 15.9 Å². The summed E-state index contributed by atoms with van der Waals surface area (Å²) in [5.74, 6) is -2.39. The maximum atomic E-state index is 11.9. The van der Waals surface area contributed by atoms with Gasteiger partial charge in [0.05, 0.1) is 11.8 Å². The Morgan fingerprint density at radius 2 is 1.36 bits per heavy atom. The smallest absolute Gasteiger partial charge is 0.311 e. The Bertz CT molecular complexity index is 595. The lowest BCUT2D eigenvalue weighted by Gasteiger charge is -2.23. The molecule has 5 heteroatoms. The highest BCUT2D eigenvalue weighted by atomic mass is 79.9. The van der Waals surface area contributed by atoms with Crippen LogP contribution in [-0.4, -0.2) is 22.2 Å². The van der Waals surface area contributed by atoms with Crippen LogP contribution in [0.5, 0.6) is 0 Å². The van der Waals surface area contributed by atoms with E-state index in [1.807, 2.05) is 0 Å². The number of carbonyl (C=O) groups is 2. The SMILES string of the molecule is CC(C)CCC(C(=O)O)c1cccc(Br)c1C(CCC(C)C)C(=O)O. The molecule has 0 saturated heterocycles. The molecule has 0 aliphatic carbocycles. The summed E-state index contributed by atoms with van der Waals surface area (Å²) < 4.78 is 0.678. The molecule has 1 aromatic carbocycles. The molecule has 1 rings (SSSR count). The lowest BCUT2D eigenvalue weighted by molar-refractivity contribution is -0.140. The molecular formula is C20H29BrO4. The van der Waals surface area contributed by atoms with E-state index in [4.69, 9.17) is 0 Å². The van der Waals surface area contributed by atoms with Crippen LogP contribution in [0.25, 0.3) is 0 Å². The van der Waals surface area contributed by atoms with Gasteiger partial charge < -0.3 is 10.2 Å². The van der Waals surface area contributed by atoms with Gasteiger partial charge in [-0.25, -0.2) is 0 Å². The summed E-state index contributed by atoms with van der Waals surface area (Å²) in [5, 5.41) is 19.5. The van der Waals surface area contributed by atoms with Crippen LogP contribution in [-0.2, 0) is 9.59 Å². The number of aliphatic carboxylic acids is 2. The van der Waals surface area contributed by atoms with Crippen LogP contribution < -0.4 is 0 Å². The fourth-order valence-electron chi connectivity index (χ4n) is 3.03. The maximum absolute atomic E-state index is 11.9. The lowest BCUT2D eigenvalue weighted by Crippen LogP contribution is -2.20. The standard InChI is InChI=1S/C20H29BrO4/c1-12(2)8-10-15(19(22)23)14-6-5-7-17(21)18(14)16(20(24)25)11-9-13(3)4/h5-7,12-13,15-16H,8-11H2,1-4H3,(H,22,23)(H,24,25). The van der Waals surface area contributed by atoms with Crippen molar-refractivity contribution in [1.82, 2.24) is 0 Å². The van der Waals surface area contributed by atoms with Crippen molar-refractivity contribution in [2.75, 3.05) is 0 Å². The average Bonchev–Trinajstić information content (AvgIpc) is 2.48. The van der Waals surface area contributed by atoms with Gasteiger partial charge in [0.1, 0.15) is 0 Å². The van der Waals surface area contributed by atoms with Gasteiger partial charge in [-0.3, -0.25) is 9.59 Å². The van der Waals surface area contributed by atoms with Crippen molar-refractivity contribution in [1.29, 1.82) is 0 Å². The normalized spacial score (nSPS) is 13.9. The first kappa shape index (κ1) is 21.7. The highest BCUT2D eigenvalue weighted by molar-refractivity contribution is 9.10. The molecule has 0 aliphatic rings. The molecule has 0 spiro atoms. The summed E-state index contributed by atoms with van der Waals surface area (Å²) in [6.45, 7) is 8.23. The molecule has 0 heterocycles. The molecule has 0 amide bonds. The van der Waals surface area contributed by atoms with E-state index < -0.39 is 23.8 Å². The van der Waals surface area contributed by atoms with Crippen molar-refractivity contribution in [3.05, 3.63) is 33.8 Å². The van der Waals surface area contributed by atoms with E-state index in [1.165, 1.54) is 0 Å². The number of hydrogen-bond acceptors (Lipinski definition) is 2. The molecule has 2 N–H and O–H groups in total. The molecule has 0 aromatic heterocycles. The fraction of sp³-hybridized carbons (Fsp3) is 0.600. The topological polar surface area (TPSA) is 74.6 Å². The number of hydrogen-bond donors (Lipinski definition) is 2.